The van der Waals surface area contributed by atoms with Crippen molar-refractivity contribution in [3.8, 4) is 0 Å². The number of amides is 2. The van der Waals surface area contributed by atoms with Crippen molar-refractivity contribution in [1.29, 1.82) is 0 Å². The maximum atomic E-state index is 12.6. The number of piperidine rings is 1. The van der Waals surface area contributed by atoms with Gasteiger partial charge in [0.05, 0.1) is 25.2 Å². The summed E-state index contributed by atoms with van der Waals surface area (Å²) in [5, 5.41) is 2.94. The van der Waals surface area contributed by atoms with Gasteiger partial charge in [-0.3, -0.25) is 14.5 Å². The topological polar surface area (TPSA) is 61.9 Å². The summed E-state index contributed by atoms with van der Waals surface area (Å²) in [5.74, 6) is 0.323. The Morgan fingerprint density at radius 3 is 2.68 bits per heavy atom. The van der Waals surface area contributed by atoms with Crippen LogP contribution in [0.25, 0.3) is 0 Å². The summed E-state index contributed by atoms with van der Waals surface area (Å²) in [7, 11) is 0. The maximum Gasteiger partial charge on any atom is 0.237 e. The molecular formula is C16H29N3O3. The van der Waals surface area contributed by atoms with Gasteiger partial charge in [0.1, 0.15) is 0 Å². The lowest BCUT2D eigenvalue weighted by Crippen LogP contribution is -2.53. The first-order valence-electron chi connectivity index (χ1n) is 8.51. The average Bonchev–Trinajstić information content (AvgIpc) is 2.59. The van der Waals surface area contributed by atoms with Crippen LogP contribution >= 0.6 is 0 Å². The van der Waals surface area contributed by atoms with E-state index < -0.39 is 0 Å². The van der Waals surface area contributed by atoms with E-state index in [1.54, 1.807) is 0 Å². The molecule has 2 aliphatic rings. The van der Waals surface area contributed by atoms with Crippen LogP contribution in [0, 0.1) is 5.92 Å². The molecule has 2 fully saturated rings. The summed E-state index contributed by atoms with van der Waals surface area (Å²) in [5.41, 5.74) is 0. The fourth-order valence-corrected chi connectivity index (χ4v) is 3.16. The second-order valence-corrected chi connectivity index (χ2v) is 6.24. The van der Waals surface area contributed by atoms with Gasteiger partial charge in [-0.05, 0) is 32.7 Å². The van der Waals surface area contributed by atoms with Gasteiger partial charge in [-0.25, -0.2) is 0 Å². The molecule has 2 saturated heterocycles. The molecule has 2 heterocycles. The Labute approximate surface area is 133 Å². The third-order valence-electron chi connectivity index (χ3n) is 4.60. The van der Waals surface area contributed by atoms with Crippen molar-refractivity contribution < 1.29 is 14.3 Å². The summed E-state index contributed by atoms with van der Waals surface area (Å²) in [4.78, 5) is 28.8. The Bertz CT molecular complexity index is 383. The van der Waals surface area contributed by atoms with Crippen molar-refractivity contribution in [3.63, 3.8) is 0 Å². The first-order chi connectivity index (χ1) is 10.6. The van der Waals surface area contributed by atoms with Crippen LogP contribution in [0.3, 0.4) is 0 Å². The van der Waals surface area contributed by atoms with Crippen molar-refractivity contribution in [1.82, 2.24) is 15.1 Å². The number of hydrogen-bond donors (Lipinski definition) is 1. The minimum atomic E-state index is -0.160. The molecule has 0 saturated carbocycles. The lowest BCUT2D eigenvalue weighted by Gasteiger charge is -2.38. The molecule has 22 heavy (non-hydrogen) atoms. The third kappa shape index (κ3) is 4.43. The summed E-state index contributed by atoms with van der Waals surface area (Å²) in [6.45, 7) is 8.95. The fraction of sp³-hybridized carbons (Fsp3) is 0.875. The van der Waals surface area contributed by atoms with Crippen LogP contribution in [0.1, 0.15) is 33.1 Å². The van der Waals surface area contributed by atoms with Crippen molar-refractivity contribution in [3.05, 3.63) is 0 Å². The largest absolute Gasteiger partial charge is 0.378 e. The van der Waals surface area contributed by atoms with Crippen LogP contribution < -0.4 is 5.32 Å². The van der Waals surface area contributed by atoms with E-state index in [1.807, 2.05) is 18.7 Å². The number of likely N-dealkylation sites (tertiary alicyclic amines) is 1. The standard InChI is InChI=1S/C16H29N3O3/c1-3-6-17-15(20)13(2)19-7-4-5-14(12-19)16(21)18-8-10-22-11-9-18/h13-14H,3-12H2,1-2H3,(H,17,20). The van der Waals surface area contributed by atoms with Gasteiger partial charge in [0.15, 0.2) is 0 Å². The molecule has 0 radical (unpaired) electrons. The number of ether oxygens (including phenoxy) is 1. The van der Waals surface area contributed by atoms with Crippen LogP contribution in [0.4, 0.5) is 0 Å². The van der Waals surface area contributed by atoms with Crippen LogP contribution in [0.2, 0.25) is 0 Å². The molecule has 2 aliphatic heterocycles. The first-order valence-corrected chi connectivity index (χ1v) is 8.51. The zero-order chi connectivity index (χ0) is 15.9. The number of hydrogen-bond acceptors (Lipinski definition) is 4. The quantitative estimate of drug-likeness (QED) is 0.802. The van der Waals surface area contributed by atoms with Crippen LogP contribution in [-0.2, 0) is 14.3 Å². The van der Waals surface area contributed by atoms with E-state index in [0.717, 1.165) is 25.8 Å². The molecule has 2 rings (SSSR count). The molecule has 6 heteroatoms. The molecule has 2 unspecified atom stereocenters. The van der Waals surface area contributed by atoms with Gasteiger partial charge in [0.25, 0.3) is 0 Å². The van der Waals surface area contributed by atoms with Crippen LogP contribution in [0.15, 0.2) is 0 Å². The fourth-order valence-electron chi connectivity index (χ4n) is 3.16. The van der Waals surface area contributed by atoms with Crippen LogP contribution in [-0.4, -0.2) is 73.6 Å². The second-order valence-electron chi connectivity index (χ2n) is 6.24. The van der Waals surface area contributed by atoms with Gasteiger partial charge in [-0.1, -0.05) is 6.92 Å². The van der Waals surface area contributed by atoms with Crippen LogP contribution in [0.5, 0.6) is 0 Å². The minimum absolute atomic E-state index is 0.0216. The molecule has 2 amide bonds. The predicted molar refractivity (Wildman–Crippen MR) is 84.5 cm³/mol. The molecule has 6 nitrogen and oxygen atoms in total. The van der Waals surface area contributed by atoms with Crippen molar-refractivity contribution >= 4 is 11.8 Å². The Kier molecular flexibility index (Phi) is 6.64. The van der Waals surface area contributed by atoms with E-state index in [4.69, 9.17) is 4.74 Å². The highest BCUT2D eigenvalue weighted by molar-refractivity contribution is 5.82. The molecule has 0 bridgehead atoms. The van der Waals surface area contributed by atoms with E-state index in [9.17, 15) is 9.59 Å². The van der Waals surface area contributed by atoms with Gasteiger partial charge < -0.3 is 15.0 Å². The van der Waals surface area contributed by atoms with Crippen molar-refractivity contribution in [2.24, 2.45) is 5.92 Å². The molecule has 2 atom stereocenters. The molecule has 0 aliphatic carbocycles. The number of rotatable bonds is 5. The Hall–Kier alpha value is -1.14. The van der Waals surface area contributed by atoms with E-state index in [0.29, 0.717) is 39.4 Å². The first kappa shape index (κ1) is 17.2. The highest BCUT2D eigenvalue weighted by atomic mass is 16.5. The third-order valence-corrected chi connectivity index (χ3v) is 4.60. The Morgan fingerprint density at radius 1 is 1.27 bits per heavy atom. The molecule has 0 aromatic carbocycles. The van der Waals surface area contributed by atoms with E-state index in [1.165, 1.54) is 0 Å². The lowest BCUT2D eigenvalue weighted by molar-refractivity contribution is -0.142. The van der Waals surface area contributed by atoms with E-state index in [2.05, 4.69) is 10.2 Å². The van der Waals surface area contributed by atoms with Gasteiger partial charge >= 0.3 is 0 Å². The number of carbonyl (C=O) groups is 2. The van der Waals surface area contributed by atoms with Gasteiger partial charge in [-0.2, -0.15) is 0 Å². The summed E-state index contributed by atoms with van der Waals surface area (Å²) >= 11 is 0. The Morgan fingerprint density at radius 2 is 2.00 bits per heavy atom. The SMILES string of the molecule is CCCNC(=O)C(C)N1CCCC(C(=O)N2CCOCC2)C1. The zero-order valence-corrected chi connectivity index (χ0v) is 13.8. The van der Waals surface area contributed by atoms with Gasteiger partial charge in [0, 0.05) is 26.2 Å². The summed E-state index contributed by atoms with van der Waals surface area (Å²) < 4.78 is 5.31. The smallest absolute Gasteiger partial charge is 0.237 e. The maximum absolute atomic E-state index is 12.6. The number of carbonyl (C=O) groups excluding carboxylic acids is 2. The molecule has 0 aromatic rings. The zero-order valence-electron chi connectivity index (χ0n) is 13.8. The van der Waals surface area contributed by atoms with E-state index >= 15 is 0 Å². The van der Waals surface area contributed by atoms with E-state index in [-0.39, 0.29) is 23.8 Å². The summed E-state index contributed by atoms with van der Waals surface area (Å²) in [6, 6.07) is -0.160. The average molecular weight is 311 g/mol. The van der Waals surface area contributed by atoms with Crippen molar-refractivity contribution in [2.75, 3.05) is 45.9 Å². The van der Waals surface area contributed by atoms with Gasteiger partial charge in [0.2, 0.25) is 11.8 Å². The number of morpholine rings is 1. The lowest BCUT2D eigenvalue weighted by atomic mass is 9.95. The molecule has 126 valence electrons. The normalized spacial score (nSPS) is 24.8. The monoisotopic (exact) mass is 311 g/mol. The van der Waals surface area contributed by atoms with Gasteiger partial charge in [-0.15, -0.1) is 0 Å². The predicted octanol–water partition coefficient (Wildman–Crippen LogP) is 0.472. The highest BCUT2D eigenvalue weighted by Crippen LogP contribution is 2.21. The molecule has 1 N–H and O–H groups in total. The number of nitrogens with zero attached hydrogens (tertiary/aromatic N) is 2. The summed E-state index contributed by atoms with van der Waals surface area (Å²) in [6.07, 6.45) is 2.85. The van der Waals surface area contributed by atoms with Crippen molar-refractivity contribution in [2.45, 2.75) is 39.2 Å². The second kappa shape index (κ2) is 8.48. The molecule has 0 spiro atoms. The molecule has 0 aromatic heterocycles. The number of nitrogens with one attached hydrogen (secondary N) is 1. The highest BCUT2D eigenvalue weighted by Gasteiger charge is 2.33. The minimum Gasteiger partial charge on any atom is -0.378 e. The molecular weight excluding hydrogens is 282 g/mol. The Balaban J connectivity index is 1.87.